The first-order chi connectivity index (χ1) is 13.1. The molecule has 144 valence electrons. The van der Waals surface area contributed by atoms with Gasteiger partial charge >= 0.3 is 6.03 Å². The van der Waals surface area contributed by atoms with Crippen molar-refractivity contribution in [2.24, 2.45) is 5.92 Å². The van der Waals surface area contributed by atoms with Gasteiger partial charge in [-0.1, -0.05) is 0 Å². The third-order valence-corrected chi connectivity index (χ3v) is 4.72. The van der Waals surface area contributed by atoms with Crippen LogP contribution in [0.4, 0.5) is 14.9 Å². The molecule has 2 heterocycles. The number of piperidine rings is 1. The van der Waals surface area contributed by atoms with E-state index >= 15 is 0 Å². The monoisotopic (exact) mass is 373 g/mol. The molecule has 7 heteroatoms. The number of hydrogen-bond donors (Lipinski definition) is 2. The van der Waals surface area contributed by atoms with Gasteiger partial charge in [-0.05, 0) is 61.6 Å². The highest BCUT2D eigenvalue weighted by molar-refractivity contribution is 5.89. The van der Waals surface area contributed by atoms with Gasteiger partial charge in [-0.2, -0.15) is 0 Å². The van der Waals surface area contributed by atoms with Gasteiger partial charge in [0.15, 0.2) is 0 Å². The summed E-state index contributed by atoms with van der Waals surface area (Å²) in [5.41, 5.74) is 0.570. The molecule has 0 saturated carbocycles. The van der Waals surface area contributed by atoms with Crippen molar-refractivity contribution in [2.75, 3.05) is 18.4 Å². The molecule has 27 heavy (non-hydrogen) atoms. The lowest BCUT2D eigenvalue weighted by atomic mass is 9.93. The number of hydrogen-bond acceptors (Lipinski definition) is 3. The van der Waals surface area contributed by atoms with E-state index in [0.29, 0.717) is 37.7 Å². The van der Waals surface area contributed by atoms with Gasteiger partial charge in [-0.3, -0.25) is 4.79 Å². The van der Waals surface area contributed by atoms with Gasteiger partial charge in [0.2, 0.25) is 5.91 Å². The van der Waals surface area contributed by atoms with Crippen molar-refractivity contribution < 1.29 is 18.4 Å². The number of anilines is 1. The molecule has 1 fully saturated rings. The maximum atomic E-state index is 13.0. The van der Waals surface area contributed by atoms with Crippen LogP contribution >= 0.6 is 0 Å². The molecular formula is C20H24FN3O3. The van der Waals surface area contributed by atoms with Gasteiger partial charge in [0, 0.05) is 25.2 Å². The lowest BCUT2D eigenvalue weighted by Gasteiger charge is -2.32. The molecule has 3 amide bonds. The van der Waals surface area contributed by atoms with Crippen molar-refractivity contribution in [1.29, 1.82) is 0 Å². The number of rotatable bonds is 6. The van der Waals surface area contributed by atoms with Crippen LogP contribution in [-0.2, 0) is 11.3 Å². The number of carbonyl (C=O) groups is 2. The maximum absolute atomic E-state index is 13.0. The van der Waals surface area contributed by atoms with E-state index < -0.39 is 0 Å². The van der Waals surface area contributed by atoms with Gasteiger partial charge in [0.05, 0.1) is 12.8 Å². The first-order valence-electron chi connectivity index (χ1n) is 9.21. The summed E-state index contributed by atoms with van der Waals surface area (Å²) in [6, 6.07) is 9.13. The SMILES string of the molecule is O=C(CC[C@@H]1CCCN(C(=O)Nc2ccc(F)cc2)C1)NCc1ccco1. The molecule has 3 rings (SSSR count). The Morgan fingerprint density at radius 1 is 1.22 bits per heavy atom. The summed E-state index contributed by atoms with van der Waals surface area (Å²) in [7, 11) is 0. The summed E-state index contributed by atoms with van der Waals surface area (Å²) in [5, 5.41) is 5.63. The molecule has 1 aliphatic heterocycles. The molecule has 0 bridgehead atoms. The maximum Gasteiger partial charge on any atom is 0.321 e. The topological polar surface area (TPSA) is 74.6 Å². The first-order valence-corrected chi connectivity index (χ1v) is 9.21. The minimum absolute atomic E-state index is 0.0145. The van der Waals surface area contributed by atoms with Crippen molar-refractivity contribution >= 4 is 17.6 Å². The lowest BCUT2D eigenvalue weighted by molar-refractivity contribution is -0.121. The van der Waals surface area contributed by atoms with Crippen LogP contribution in [0.1, 0.15) is 31.4 Å². The molecule has 1 atom stereocenters. The Kier molecular flexibility index (Phi) is 6.46. The molecule has 6 nitrogen and oxygen atoms in total. The van der Waals surface area contributed by atoms with E-state index in [4.69, 9.17) is 4.42 Å². The zero-order valence-corrected chi connectivity index (χ0v) is 15.1. The van der Waals surface area contributed by atoms with E-state index in [0.717, 1.165) is 25.0 Å². The molecule has 0 aliphatic carbocycles. The van der Waals surface area contributed by atoms with E-state index in [-0.39, 0.29) is 17.8 Å². The molecular weight excluding hydrogens is 349 g/mol. The van der Waals surface area contributed by atoms with Crippen LogP contribution in [0.3, 0.4) is 0 Å². The Labute approximate surface area is 157 Å². The number of furan rings is 1. The second-order valence-corrected chi connectivity index (χ2v) is 6.79. The minimum atomic E-state index is -0.337. The molecule has 2 aromatic rings. The van der Waals surface area contributed by atoms with Crippen LogP contribution in [0, 0.1) is 11.7 Å². The minimum Gasteiger partial charge on any atom is -0.467 e. The predicted octanol–water partition coefficient (Wildman–Crippen LogP) is 3.76. The average Bonchev–Trinajstić information content (AvgIpc) is 3.20. The van der Waals surface area contributed by atoms with Crippen molar-refractivity contribution in [1.82, 2.24) is 10.2 Å². The molecule has 1 aliphatic rings. The fourth-order valence-corrected chi connectivity index (χ4v) is 3.24. The Bertz CT molecular complexity index is 746. The van der Waals surface area contributed by atoms with Gasteiger partial charge in [0.1, 0.15) is 11.6 Å². The number of urea groups is 1. The van der Waals surface area contributed by atoms with Crippen LogP contribution in [0.25, 0.3) is 0 Å². The normalized spacial score (nSPS) is 16.8. The summed E-state index contributed by atoms with van der Waals surface area (Å²) in [6.07, 6.45) is 4.67. The van der Waals surface area contributed by atoms with E-state index in [1.54, 1.807) is 17.2 Å². The fraction of sp³-hybridized carbons (Fsp3) is 0.400. The molecule has 1 aromatic carbocycles. The van der Waals surface area contributed by atoms with Crippen LogP contribution in [0.2, 0.25) is 0 Å². The van der Waals surface area contributed by atoms with Gasteiger partial charge in [0.25, 0.3) is 0 Å². The van der Waals surface area contributed by atoms with Crippen LogP contribution in [0.5, 0.6) is 0 Å². The third-order valence-electron chi connectivity index (χ3n) is 4.72. The predicted molar refractivity (Wildman–Crippen MR) is 99.5 cm³/mol. The summed E-state index contributed by atoms with van der Waals surface area (Å²) in [5.74, 6) is 0.674. The van der Waals surface area contributed by atoms with E-state index in [1.165, 1.54) is 24.3 Å². The van der Waals surface area contributed by atoms with E-state index in [1.807, 2.05) is 6.07 Å². The standard InChI is InChI=1S/C20H24FN3O3/c21-16-6-8-17(9-7-16)23-20(26)24-11-1-3-15(14-24)5-10-19(25)22-13-18-4-2-12-27-18/h2,4,6-9,12,15H,1,3,5,10-11,13-14H2,(H,22,25)(H,23,26)/t15-/m0/s1. The Morgan fingerprint density at radius 3 is 2.78 bits per heavy atom. The van der Waals surface area contributed by atoms with Crippen LogP contribution < -0.4 is 10.6 Å². The second-order valence-electron chi connectivity index (χ2n) is 6.79. The smallest absolute Gasteiger partial charge is 0.321 e. The van der Waals surface area contributed by atoms with Crippen molar-refractivity contribution in [3.05, 3.63) is 54.2 Å². The van der Waals surface area contributed by atoms with Gasteiger partial charge in [-0.25, -0.2) is 9.18 Å². The summed E-state index contributed by atoms with van der Waals surface area (Å²) in [6.45, 7) is 1.70. The molecule has 1 aromatic heterocycles. The highest BCUT2D eigenvalue weighted by Gasteiger charge is 2.24. The fourth-order valence-electron chi connectivity index (χ4n) is 3.24. The number of amides is 3. The van der Waals surface area contributed by atoms with Crippen LogP contribution in [0.15, 0.2) is 47.1 Å². The molecule has 1 saturated heterocycles. The van der Waals surface area contributed by atoms with Gasteiger partial charge < -0.3 is 20.0 Å². The number of carbonyl (C=O) groups excluding carboxylic acids is 2. The zero-order valence-electron chi connectivity index (χ0n) is 15.1. The summed E-state index contributed by atoms with van der Waals surface area (Å²) < 4.78 is 18.1. The first kappa shape index (κ1) is 18.9. The molecule has 0 unspecified atom stereocenters. The Hall–Kier alpha value is -2.83. The highest BCUT2D eigenvalue weighted by Crippen LogP contribution is 2.22. The van der Waals surface area contributed by atoms with Crippen molar-refractivity contribution in [3.8, 4) is 0 Å². The third kappa shape index (κ3) is 5.84. The van der Waals surface area contributed by atoms with E-state index in [9.17, 15) is 14.0 Å². The number of nitrogens with zero attached hydrogens (tertiary/aromatic N) is 1. The Balaban J connectivity index is 1.41. The largest absolute Gasteiger partial charge is 0.467 e. The second kappa shape index (κ2) is 9.21. The number of likely N-dealkylation sites (tertiary alicyclic amines) is 1. The Morgan fingerprint density at radius 2 is 2.04 bits per heavy atom. The van der Waals surface area contributed by atoms with Gasteiger partial charge in [-0.15, -0.1) is 0 Å². The zero-order chi connectivity index (χ0) is 19.1. The van der Waals surface area contributed by atoms with Crippen molar-refractivity contribution in [3.63, 3.8) is 0 Å². The summed E-state index contributed by atoms with van der Waals surface area (Å²) in [4.78, 5) is 26.2. The number of benzene rings is 1. The molecule has 0 radical (unpaired) electrons. The van der Waals surface area contributed by atoms with Crippen molar-refractivity contribution in [2.45, 2.75) is 32.2 Å². The number of halogens is 1. The highest BCUT2D eigenvalue weighted by atomic mass is 19.1. The number of nitrogens with one attached hydrogen (secondary N) is 2. The molecule has 2 N–H and O–H groups in total. The lowest BCUT2D eigenvalue weighted by Crippen LogP contribution is -2.42. The average molecular weight is 373 g/mol. The van der Waals surface area contributed by atoms with E-state index in [2.05, 4.69) is 10.6 Å². The molecule has 0 spiro atoms. The summed E-state index contributed by atoms with van der Waals surface area (Å²) >= 11 is 0. The van der Waals surface area contributed by atoms with Crippen LogP contribution in [-0.4, -0.2) is 29.9 Å². The quantitative estimate of drug-likeness (QED) is 0.810.